The minimum absolute atomic E-state index is 0.409. The van der Waals surface area contributed by atoms with Crippen molar-refractivity contribution in [1.82, 2.24) is 15.1 Å². The summed E-state index contributed by atoms with van der Waals surface area (Å²) < 4.78 is 0. The van der Waals surface area contributed by atoms with E-state index < -0.39 is 0 Å². The van der Waals surface area contributed by atoms with Gasteiger partial charge in [-0.1, -0.05) is 13.8 Å². The third kappa shape index (κ3) is 3.23. The van der Waals surface area contributed by atoms with Crippen molar-refractivity contribution in [2.45, 2.75) is 19.9 Å². The van der Waals surface area contributed by atoms with Crippen LogP contribution >= 0.6 is 0 Å². The quantitative estimate of drug-likeness (QED) is 0.698. The molecule has 0 amide bonds. The summed E-state index contributed by atoms with van der Waals surface area (Å²) in [6.45, 7) is 9.32. The molecule has 84 valence electrons. The summed E-state index contributed by atoms with van der Waals surface area (Å²) >= 11 is 0. The summed E-state index contributed by atoms with van der Waals surface area (Å²) in [6, 6.07) is 0.645. The molecule has 1 heterocycles. The van der Waals surface area contributed by atoms with E-state index in [1.54, 1.807) is 0 Å². The van der Waals surface area contributed by atoms with Crippen LogP contribution in [0, 0.1) is 5.41 Å². The molecule has 3 heteroatoms. The van der Waals surface area contributed by atoms with Gasteiger partial charge in [0.15, 0.2) is 0 Å². The summed E-state index contributed by atoms with van der Waals surface area (Å²) in [5.41, 5.74) is 0.409. The van der Waals surface area contributed by atoms with Gasteiger partial charge in [-0.15, -0.1) is 0 Å². The van der Waals surface area contributed by atoms with Gasteiger partial charge in [0, 0.05) is 32.2 Å². The first-order valence-corrected chi connectivity index (χ1v) is 5.48. The topological polar surface area (TPSA) is 18.5 Å². The van der Waals surface area contributed by atoms with Crippen LogP contribution in [-0.2, 0) is 0 Å². The second-order valence-electron chi connectivity index (χ2n) is 5.49. The Morgan fingerprint density at radius 3 is 2.50 bits per heavy atom. The van der Waals surface area contributed by atoms with E-state index in [1.807, 2.05) is 7.05 Å². The number of nitrogens with zero attached hydrogens (tertiary/aromatic N) is 2. The summed E-state index contributed by atoms with van der Waals surface area (Å²) in [5.74, 6) is 0. The van der Waals surface area contributed by atoms with Crippen molar-refractivity contribution in [2.24, 2.45) is 5.41 Å². The first-order valence-electron chi connectivity index (χ1n) is 5.48. The van der Waals surface area contributed by atoms with Crippen molar-refractivity contribution >= 4 is 0 Å². The summed E-state index contributed by atoms with van der Waals surface area (Å²) in [7, 11) is 6.50. The molecular weight excluding hydrogens is 174 g/mol. The molecule has 1 rings (SSSR count). The van der Waals surface area contributed by atoms with Crippen molar-refractivity contribution in [3.05, 3.63) is 0 Å². The van der Waals surface area contributed by atoms with Gasteiger partial charge in [-0.3, -0.25) is 0 Å². The zero-order valence-electron chi connectivity index (χ0n) is 10.3. The van der Waals surface area contributed by atoms with Crippen LogP contribution in [0.4, 0.5) is 0 Å². The fourth-order valence-electron chi connectivity index (χ4n) is 2.60. The van der Waals surface area contributed by atoms with Gasteiger partial charge < -0.3 is 15.1 Å². The Kier molecular flexibility index (Phi) is 3.93. The Hall–Kier alpha value is -0.120. The smallest absolute Gasteiger partial charge is 0.0344 e. The summed E-state index contributed by atoms with van der Waals surface area (Å²) in [6.07, 6.45) is 0. The lowest BCUT2D eigenvalue weighted by Crippen LogP contribution is -2.44. The third-order valence-electron chi connectivity index (χ3n) is 2.96. The maximum atomic E-state index is 3.28. The van der Waals surface area contributed by atoms with Gasteiger partial charge in [-0.2, -0.15) is 0 Å². The van der Waals surface area contributed by atoms with Gasteiger partial charge in [-0.05, 0) is 26.6 Å². The Morgan fingerprint density at radius 1 is 1.29 bits per heavy atom. The van der Waals surface area contributed by atoms with Gasteiger partial charge >= 0.3 is 0 Å². The van der Waals surface area contributed by atoms with Gasteiger partial charge in [-0.25, -0.2) is 0 Å². The molecule has 0 radical (unpaired) electrons. The molecule has 0 aromatic rings. The Balaban J connectivity index is 2.64. The lowest BCUT2D eigenvalue weighted by atomic mass is 9.93. The minimum atomic E-state index is 0.409. The highest BCUT2D eigenvalue weighted by atomic mass is 15.2. The molecule has 3 nitrogen and oxygen atoms in total. The Morgan fingerprint density at radius 2 is 1.93 bits per heavy atom. The molecule has 1 atom stereocenters. The molecular formula is C11H25N3. The van der Waals surface area contributed by atoms with Crippen molar-refractivity contribution in [3.63, 3.8) is 0 Å². The van der Waals surface area contributed by atoms with E-state index in [4.69, 9.17) is 0 Å². The van der Waals surface area contributed by atoms with Crippen LogP contribution in [-0.4, -0.2) is 63.2 Å². The number of likely N-dealkylation sites (N-methyl/N-ethyl adjacent to an activating group) is 3. The fourth-order valence-corrected chi connectivity index (χ4v) is 2.60. The second kappa shape index (κ2) is 4.60. The van der Waals surface area contributed by atoms with Gasteiger partial charge in [0.1, 0.15) is 0 Å². The molecule has 0 bridgehead atoms. The van der Waals surface area contributed by atoms with Crippen LogP contribution in [0.3, 0.4) is 0 Å². The maximum Gasteiger partial charge on any atom is 0.0344 e. The molecule has 14 heavy (non-hydrogen) atoms. The lowest BCUT2D eigenvalue weighted by molar-refractivity contribution is 0.191. The van der Waals surface area contributed by atoms with Crippen LogP contribution in [0.5, 0.6) is 0 Å². The molecule has 1 aliphatic heterocycles. The van der Waals surface area contributed by atoms with Crippen LogP contribution in [0.25, 0.3) is 0 Å². The highest BCUT2D eigenvalue weighted by Crippen LogP contribution is 2.22. The van der Waals surface area contributed by atoms with E-state index in [-0.39, 0.29) is 0 Å². The van der Waals surface area contributed by atoms with Crippen molar-refractivity contribution in [1.29, 1.82) is 0 Å². The maximum absolute atomic E-state index is 3.28. The fraction of sp³-hybridized carbons (Fsp3) is 1.00. The average molecular weight is 199 g/mol. The van der Waals surface area contributed by atoms with Crippen molar-refractivity contribution in [3.8, 4) is 0 Å². The second-order valence-corrected chi connectivity index (χ2v) is 5.49. The predicted octanol–water partition coefficient (Wildman–Crippen LogP) is 0.478. The number of nitrogens with one attached hydrogen (secondary N) is 1. The van der Waals surface area contributed by atoms with E-state index in [0.717, 1.165) is 6.54 Å². The third-order valence-corrected chi connectivity index (χ3v) is 2.96. The predicted molar refractivity (Wildman–Crippen MR) is 61.6 cm³/mol. The molecule has 0 saturated carbocycles. The molecule has 0 aromatic carbocycles. The number of hydrogen-bond acceptors (Lipinski definition) is 3. The van der Waals surface area contributed by atoms with Crippen LogP contribution in [0.2, 0.25) is 0 Å². The van der Waals surface area contributed by atoms with Crippen molar-refractivity contribution < 1.29 is 0 Å². The van der Waals surface area contributed by atoms with E-state index in [9.17, 15) is 0 Å². The van der Waals surface area contributed by atoms with E-state index in [2.05, 4.69) is 43.1 Å². The van der Waals surface area contributed by atoms with E-state index >= 15 is 0 Å². The highest BCUT2D eigenvalue weighted by Gasteiger charge is 2.30. The van der Waals surface area contributed by atoms with E-state index in [1.165, 1.54) is 19.6 Å². The summed E-state index contributed by atoms with van der Waals surface area (Å²) in [5, 5.41) is 3.28. The van der Waals surface area contributed by atoms with Gasteiger partial charge in [0.05, 0.1) is 0 Å². The molecule has 1 fully saturated rings. The summed E-state index contributed by atoms with van der Waals surface area (Å²) in [4.78, 5) is 4.94. The highest BCUT2D eigenvalue weighted by molar-refractivity contribution is 4.86. The van der Waals surface area contributed by atoms with Gasteiger partial charge in [0.2, 0.25) is 0 Å². The molecule has 0 aliphatic carbocycles. The molecule has 1 N–H and O–H groups in total. The Bertz CT molecular complexity index is 179. The van der Waals surface area contributed by atoms with Gasteiger partial charge in [0.25, 0.3) is 0 Å². The average Bonchev–Trinajstić information content (AvgIpc) is 2.08. The molecule has 0 aromatic heterocycles. The Labute approximate surface area is 88.5 Å². The zero-order valence-corrected chi connectivity index (χ0v) is 10.3. The normalized spacial score (nSPS) is 30.2. The first kappa shape index (κ1) is 12.0. The molecule has 0 spiro atoms. The SMILES string of the molecule is CNCC1CN(C)CC(C)(C)CN1C. The van der Waals surface area contributed by atoms with Crippen LogP contribution in [0.15, 0.2) is 0 Å². The van der Waals surface area contributed by atoms with Crippen LogP contribution < -0.4 is 5.32 Å². The molecule has 1 saturated heterocycles. The molecule has 1 aliphatic rings. The largest absolute Gasteiger partial charge is 0.318 e. The zero-order chi connectivity index (χ0) is 10.8. The van der Waals surface area contributed by atoms with Crippen molar-refractivity contribution in [2.75, 3.05) is 47.3 Å². The standard InChI is InChI=1S/C11H25N3/c1-11(2)8-13(4)7-10(6-12-3)14(5)9-11/h10,12H,6-9H2,1-5H3. The lowest BCUT2D eigenvalue weighted by Gasteiger charge is -2.30. The van der Waals surface area contributed by atoms with Crippen LogP contribution in [0.1, 0.15) is 13.8 Å². The number of rotatable bonds is 2. The monoisotopic (exact) mass is 199 g/mol. The minimum Gasteiger partial charge on any atom is -0.318 e. The van der Waals surface area contributed by atoms with E-state index in [0.29, 0.717) is 11.5 Å². The number of hydrogen-bond donors (Lipinski definition) is 1. The first-order chi connectivity index (χ1) is 6.44. The molecule has 1 unspecified atom stereocenters.